The molecule has 21 heavy (non-hydrogen) atoms. The fraction of sp³-hybridized carbons (Fsp3) is 0.357. The van der Waals surface area contributed by atoms with E-state index >= 15 is 0 Å². The second-order valence-corrected chi connectivity index (χ2v) is 4.54. The van der Waals surface area contributed by atoms with Crippen molar-refractivity contribution in [3.8, 4) is 5.75 Å². The molecule has 2 rings (SSSR count). The molecular formula is C14H19N5O2. The molecule has 1 heterocycles. The summed E-state index contributed by atoms with van der Waals surface area (Å²) in [6.45, 7) is 1.68. The van der Waals surface area contributed by atoms with Gasteiger partial charge in [-0.3, -0.25) is 9.48 Å². The van der Waals surface area contributed by atoms with Gasteiger partial charge in [0.1, 0.15) is 5.75 Å². The van der Waals surface area contributed by atoms with Crippen LogP contribution >= 0.6 is 0 Å². The highest BCUT2D eigenvalue weighted by atomic mass is 16.5. The number of hydrogen-bond donors (Lipinski definition) is 2. The van der Waals surface area contributed by atoms with Gasteiger partial charge in [-0.15, -0.1) is 5.10 Å². The van der Waals surface area contributed by atoms with E-state index in [1.165, 1.54) is 0 Å². The van der Waals surface area contributed by atoms with E-state index in [1.54, 1.807) is 29.2 Å². The van der Waals surface area contributed by atoms with Crippen molar-refractivity contribution in [1.82, 2.24) is 20.3 Å². The van der Waals surface area contributed by atoms with Gasteiger partial charge < -0.3 is 15.8 Å². The maximum absolute atomic E-state index is 11.6. The number of ether oxygens (including phenoxy) is 1. The molecule has 1 amide bonds. The van der Waals surface area contributed by atoms with Crippen LogP contribution in [-0.4, -0.2) is 34.1 Å². The number of carbonyl (C=O) groups excluding carboxylic acids is 1. The molecular weight excluding hydrogens is 270 g/mol. The van der Waals surface area contributed by atoms with Gasteiger partial charge >= 0.3 is 0 Å². The van der Waals surface area contributed by atoms with Crippen molar-refractivity contribution in [1.29, 1.82) is 0 Å². The second kappa shape index (κ2) is 7.88. The van der Waals surface area contributed by atoms with E-state index in [0.29, 0.717) is 31.0 Å². The molecule has 0 aliphatic carbocycles. The average Bonchev–Trinajstić information content (AvgIpc) is 2.97. The number of aromatic nitrogens is 3. The zero-order valence-corrected chi connectivity index (χ0v) is 11.7. The first-order valence-corrected chi connectivity index (χ1v) is 6.83. The van der Waals surface area contributed by atoms with Gasteiger partial charge in [0.25, 0.3) is 0 Å². The van der Waals surface area contributed by atoms with Crippen LogP contribution in [0.3, 0.4) is 0 Å². The van der Waals surface area contributed by atoms with Crippen LogP contribution in [0.5, 0.6) is 5.75 Å². The largest absolute Gasteiger partial charge is 0.493 e. The Morgan fingerprint density at radius 2 is 2.33 bits per heavy atom. The Kier molecular flexibility index (Phi) is 5.57. The normalized spacial score (nSPS) is 10.3. The van der Waals surface area contributed by atoms with Gasteiger partial charge in [-0.2, -0.15) is 0 Å². The van der Waals surface area contributed by atoms with Crippen LogP contribution < -0.4 is 15.8 Å². The molecule has 7 heteroatoms. The van der Waals surface area contributed by atoms with Crippen molar-refractivity contribution >= 4 is 11.6 Å². The number of amides is 1. The molecule has 0 unspecified atom stereocenters. The molecule has 2 aromatic rings. The molecule has 112 valence electrons. The van der Waals surface area contributed by atoms with Gasteiger partial charge in [0.05, 0.1) is 19.2 Å². The maximum atomic E-state index is 11.6. The van der Waals surface area contributed by atoms with Crippen LogP contribution in [0.15, 0.2) is 36.7 Å². The lowest BCUT2D eigenvalue weighted by molar-refractivity contribution is -0.121. The summed E-state index contributed by atoms with van der Waals surface area (Å²) in [7, 11) is 0. The number of carbonyl (C=O) groups is 1. The molecule has 0 atom stereocenters. The molecule has 1 aromatic carbocycles. The van der Waals surface area contributed by atoms with Crippen molar-refractivity contribution < 1.29 is 9.53 Å². The number of benzene rings is 1. The molecule has 1 aromatic heterocycles. The molecule has 3 N–H and O–H groups in total. The van der Waals surface area contributed by atoms with E-state index < -0.39 is 0 Å². The van der Waals surface area contributed by atoms with Crippen LogP contribution in [0, 0.1) is 0 Å². The van der Waals surface area contributed by atoms with Crippen LogP contribution in [0.4, 0.5) is 5.69 Å². The zero-order valence-electron chi connectivity index (χ0n) is 11.7. The first-order chi connectivity index (χ1) is 10.2. The lowest BCUT2D eigenvalue weighted by Crippen LogP contribution is -2.26. The van der Waals surface area contributed by atoms with Crippen LogP contribution in [0.1, 0.15) is 12.8 Å². The predicted octanol–water partition coefficient (Wildman–Crippen LogP) is 0.836. The van der Waals surface area contributed by atoms with Crippen LogP contribution in [-0.2, 0) is 11.3 Å². The van der Waals surface area contributed by atoms with E-state index in [1.807, 2.05) is 12.1 Å². The van der Waals surface area contributed by atoms with Crippen molar-refractivity contribution in [2.75, 3.05) is 18.9 Å². The Morgan fingerprint density at radius 3 is 3.10 bits per heavy atom. The Bertz CT molecular complexity index is 556. The van der Waals surface area contributed by atoms with Crippen molar-refractivity contribution in [2.45, 2.75) is 19.4 Å². The molecule has 0 saturated heterocycles. The molecule has 0 aliphatic rings. The minimum Gasteiger partial charge on any atom is -0.493 e. The number of nitrogen functional groups attached to an aromatic ring is 1. The monoisotopic (exact) mass is 289 g/mol. The molecule has 0 saturated carbocycles. The Balaban J connectivity index is 1.55. The van der Waals surface area contributed by atoms with Crippen molar-refractivity contribution in [3.63, 3.8) is 0 Å². The first kappa shape index (κ1) is 14.8. The minimum absolute atomic E-state index is 0.0301. The third-order valence-corrected chi connectivity index (χ3v) is 2.81. The summed E-state index contributed by atoms with van der Waals surface area (Å²) in [6, 6.07) is 7.14. The van der Waals surface area contributed by atoms with E-state index in [2.05, 4.69) is 15.6 Å². The standard InChI is InChI=1S/C14H19N5O2/c15-12-3-1-4-13(11-12)21-10-5-14(20)16-6-2-8-19-9-7-17-18-19/h1,3-4,7,9,11H,2,5-6,8,10,15H2,(H,16,20). The molecule has 0 fully saturated rings. The van der Waals surface area contributed by atoms with Gasteiger partial charge in [0, 0.05) is 31.0 Å². The highest BCUT2D eigenvalue weighted by molar-refractivity contribution is 5.75. The predicted molar refractivity (Wildman–Crippen MR) is 78.6 cm³/mol. The van der Waals surface area contributed by atoms with E-state index in [9.17, 15) is 4.79 Å². The molecule has 7 nitrogen and oxygen atoms in total. The van der Waals surface area contributed by atoms with Crippen LogP contribution in [0.25, 0.3) is 0 Å². The quantitative estimate of drug-likeness (QED) is 0.554. The molecule has 0 bridgehead atoms. The Labute approximate surface area is 123 Å². The highest BCUT2D eigenvalue weighted by Crippen LogP contribution is 2.14. The van der Waals surface area contributed by atoms with Crippen molar-refractivity contribution in [2.24, 2.45) is 0 Å². The van der Waals surface area contributed by atoms with E-state index in [4.69, 9.17) is 10.5 Å². The summed E-state index contributed by atoms with van der Waals surface area (Å²) in [5.74, 6) is 0.645. The van der Waals surface area contributed by atoms with Gasteiger partial charge in [0.15, 0.2) is 0 Å². The summed E-state index contributed by atoms with van der Waals surface area (Å²) < 4.78 is 7.19. The lowest BCUT2D eigenvalue weighted by atomic mass is 10.3. The Morgan fingerprint density at radius 1 is 1.43 bits per heavy atom. The average molecular weight is 289 g/mol. The van der Waals surface area contributed by atoms with Gasteiger partial charge in [-0.1, -0.05) is 11.3 Å². The third-order valence-electron chi connectivity index (χ3n) is 2.81. The number of nitrogens with one attached hydrogen (secondary N) is 1. The number of anilines is 1. The number of nitrogens with zero attached hydrogens (tertiary/aromatic N) is 3. The minimum atomic E-state index is -0.0301. The van der Waals surface area contributed by atoms with E-state index in [-0.39, 0.29) is 5.91 Å². The summed E-state index contributed by atoms with van der Waals surface area (Å²) in [5.41, 5.74) is 6.28. The number of aryl methyl sites for hydroxylation is 1. The van der Waals surface area contributed by atoms with Crippen molar-refractivity contribution in [3.05, 3.63) is 36.7 Å². The maximum Gasteiger partial charge on any atom is 0.223 e. The SMILES string of the molecule is Nc1cccc(OCCC(=O)NCCCn2ccnn2)c1. The number of hydrogen-bond acceptors (Lipinski definition) is 5. The molecule has 0 radical (unpaired) electrons. The molecule has 0 spiro atoms. The summed E-state index contributed by atoms with van der Waals surface area (Å²) >= 11 is 0. The summed E-state index contributed by atoms with van der Waals surface area (Å²) in [5, 5.41) is 10.4. The van der Waals surface area contributed by atoms with Gasteiger partial charge in [-0.05, 0) is 18.6 Å². The lowest BCUT2D eigenvalue weighted by Gasteiger charge is -2.07. The number of nitrogens with two attached hydrogens (primary N) is 1. The third kappa shape index (κ3) is 5.52. The smallest absolute Gasteiger partial charge is 0.223 e. The fourth-order valence-corrected chi connectivity index (χ4v) is 1.78. The van der Waals surface area contributed by atoms with Crippen LogP contribution in [0.2, 0.25) is 0 Å². The summed E-state index contributed by atoms with van der Waals surface area (Å²) in [4.78, 5) is 11.6. The first-order valence-electron chi connectivity index (χ1n) is 6.83. The second-order valence-electron chi connectivity index (χ2n) is 4.54. The number of rotatable bonds is 8. The highest BCUT2D eigenvalue weighted by Gasteiger charge is 2.02. The summed E-state index contributed by atoms with van der Waals surface area (Å²) in [6.07, 6.45) is 4.55. The van der Waals surface area contributed by atoms with Gasteiger partial charge in [-0.25, -0.2) is 0 Å². The molecule has 0 aliphatic heterocycles. The van der Waals surface area contributed by atoms with E-state index in [0.717, 1.165) is 13.0 Å². The van der Waals surface area contributed by atoms with Gasteiger partial charge in [0.2, 0.25) is 5.91 Å². The zero-order chi connectivity index (χ0) is 14.9. The fourth-order valence-electron chi connectivity index (χ4n) is 1.78. The Hall–Kier alpha value is -2.57. The topological polar surface area (TPSA) is 95.1 Å².